The molecule has 3 rings (SSSR count). The topological polar surface area (TPSA) is 72.9 Å². The van der Waals surface area contributed by atoms with Crippen LogP contribution in [0.2, 0.25) is 0 Å². The van der Waals surface area contributed by atoms with Gasteiger partial charge in [-0.05, 0) is 48.0 Å². The summed E-state index contributed by atoms with van der Waals surface area (Å²) in [5.74, 6) is -0.325. The van der Waals surface area contributed by atoms with Gasteiger partial charge in [0.2, 0.25) is 0 Å². The van der Waals surface area contributed by atoms with Crippen LogP contribution in [0.1, 0.15) is 21.5 Å². The molecule has 0 spiro atoms. The number of carbonyl (C=O) groups excluding carboxylic acids is 1. The van der Waals surface area contributed by atoms with Crippen LogP contribution in [0.25, 0.3) is 0 Å². The zero-order valence-corrected chi connectivity index (χ0v) is 19.0. The van der Waals surface area contributed by atoms with Crippen molar-refractivity contribution < 1.29 is 35.3 Å². The molecule has 0 unspecified atom stereocenters. The normalized spacial score (nSPS) is 11.8. The number of hydrogen-bond donors (Lipinski definition) is 0. The fourth-order valence-corrected chi connectivity index (χ4v) is 4.11. The van der Waals surface area contributed by atoms with Gasteiger partial charge in [0.05, 0.1) is 12.2 Å². The Bertz CT molecular complexity index is 1230. The lowest BCUT2D eigenvalue weighted by Crippen LogP contribution is -2.33. The van der Waals surface area contributed by atoms with Crippen LogP contribution >= 0.6 is 0 Å². The molecule has 180 valence electrons. The molecule has 0 radical (unpaired) electrons. The van der Waals surface area contributed by atoms with Crippen LogP contribution in [-0.4, -0.2) is 39.5 Å². The summed E-state index contributed by atoms with van der Waals surface area (Å²) in [5, 5.41) is 0. The molecule has 3 aromatic carbocycles. The molecule has 0 bridgehead atoms. The van der Waals surface area contributed by atoms with Gasteiger partial charge in [0, 0.05) is 25.8 Å². The van der Waals surface area contributed by atoms with E-state index in [2.05, 4.69) is 0 Å². The smallest absolute Gasteiger partial charge is 0.383 e. The quantitative estimate of drug-likeness (QED) is 0.402. The highest BCUT2D eigenvalue weighted by atomic mass is 32.2. The van der Waals surface area contributed by atoms with Crippen molar-refractivity contribution in [1.82, 2.24) is 4.90 Å². The Morgan fingerprint density at radius 2 is 1.65 bits per heavy atom. The molecule has 10 heteroatoms. The number of benzene rings is 3. The minimum absolute atomic E-state index is 0.0891. The zero-order valence-electron chi connectivity index (χ0n) is 18.2. The number of hydrogen-bond acceptors (Lipinski definition) is 5. The molecule has 0 saturated heterocycles. The average Bonchev–Trinajstić information content (AvgIpc) is 2.81. The van der Waals surface area contributed by atoms with E-state index in [1.165, 1.54) is 25.3 Å². The SMILES string of the molecule is COCCN(Cc1cccc(OS(=O)(=O)c2cccc(C(F)(F)F)c2)c1)C(=O)c1ccccc1. The van der Waals surface area contributed by atoms with E-state index in [9.17, 15) is 26.4 Å². The van der Waals surface area contributed by atoms with Gasteiger partial charge in [-0.2, -0.15) is 21.6 Å². The Kier molecular flexibility index (Phi) is 7.95. The Hall–Kier alpha value is -3.37. The summed E-state index contributed by atoms with van der Waals surface area (Å²) < 4.78 is 74.2. The van der Waals surface area contributed by atoms with E-state index >= 15 is 0 Å². The molecule has 34 heavy (non-hydrogen) atoms. The highest BCUT2D eigenvalue weighted by molar-refractivity contribution is 7.87. The monoisotopic (exact) mass is 493 g/mol. The van der Waals surface area contributed by atoms with Crippen molar-refractivity contribution in [1.29, 1.82) is 0 Å². The fraction of sp³-hybridized carbons (Fsp3) is 0.208. The fourth-order valence-electron chi connectivity index (χ4n) is 3.14. The Morgan fingerprint density at radius 1 is 0.941 bits per heavy atom. The van der Waals surface area contributed by atoms with E-state index in [4.69, 9.17) is 8.92 Å². The number of methoxy groups -OCH3 is 1. The highest BCUT2D eigenvalue weighted by Gasteiger charge is 2.32. The first kappa shape index (κ1) is 25.3. The van der Waals surface area contributed by atoms with Gasteiger partial charge in [-0.15, -0.1) is 0 Å². The summed E-state index contributed by atoms with van der Waals surface area (Å²) in [6.45, 7) is 0.717. The van der Waals surface area contributed by atoms with Crippen LogP contribution in [0.3, 0.4) is 0 Å². The number of alkyl halides is 3. The molecule has 0 aromatic heterocycles. The average molecular weight is 494 g/mol. The summed E-state index contributed by atoms with van der Waals surface area (Å²) in [4.78, 5) is 13.8. The van der Waals surface area contributed by atoms with Crippen LogP contribution < -0.4 is 4.18 Å². The van der Waals surface area contributed by atoms with E-state index in [0.29, 0.717) is 23.8 Å². The largest absolute Gasteiger partial charge is 0.416 e. The van der Waals surface area contributed by atoms with Crippen molar-refractivity contribution in [3.63, 3.8) is 0 Å². The van der Waals surface area contributed by atoms with E-state index < -0.39 is 26.8 Å². The molecule has 3 aromatic rings. The number of carbonyl (C=O) groups is 1. The van der Waals surface area contributed by atoms with E-state index in [1.54, 1.807) is 41.3 Å². The molecule has 0 fully saturated rings. The van der Waals surface area contributed by atoms with Gasteiger partial charge >= 0.3 is 16.3 Å². The number of rotatable bonds is 9. The second-order valence-corrected chi connectivity index (χ2v) is 8.84. The third-order valence-electron chi connectivity index (χ3n) is 4.80. The van der Waals surface area contributed by atoms with Crippen molar-refractivity contribution >= 4 is 16.0 Å². The number of nitrogens with zero attached hydrogens (tertiary/aromatic N) is 1. The lowest BCUT2D eigenvalue weighted by atomic mass is 10.1. The zero-order chi connectivity index (χ0) is 24.8. The predicted octanol–water partition coefficient (Wildman–Crippen LogP) is 4.76. The summed E-state index contributed by atoms with van der Waals surface area (Å²) in [6.07, 6.45) is -4.69. The van der Waals surface area contributed by atoms with Gasteiger partial charge in [0.15, 0.2) is 0 Å². The maximum atomic E-state index is 13.0. The van der Waals surface area contributed by atoms with E-state index in [-0.39, 0.29) is 24.7 Å². The standard InChI is InChI=1S/C24H22F3NO5S/c1-32-14-13-28(23(29)19-8-3-2-4-9-19)17-18-7-5-11-21(15-18)33-34(30,31)22-12-6-10-20(16-22)24(25,26)27/h2-12,15-16H,13-14,17H2,1H3. The summed E-state index contributed by atoms with van der Waals surface area (Å²) in [6, 6.07) is 18.0. The molecule has 0 atom stereocenters. The van der Waals surface area contributed by atoms with Gasteiger partial charge in [0.25, 0.3) is 5.91 Å². The number of amides is 1. The first-order valence-electron chi connectivity index (χ1n) is 10.1. The number of halogens is 3. The third kappa shape index (κ3) is 6.58. The molecule has 0 heterocycles. The molecule has 6 nitrogen and oxygen atoms in total. The van der Waals surface area contributed by atoms with Crippen molar-refractivity contribution in [2.45, 2.75) is 17.6 Å². The van der Waals surface area contributed by atoms with Gasteiger partial charge in [-0.25, -0.2) is 0 Å². The molecule has 0 N–H and O–H groups in total. The highest BCUT2D eigenvalue weighted by Crippen LogP contribution is 2.31. The minimum atomic E-state index is -4.69. The van der Waals surface area contributed by atoms with Gasteiger partial charge in [0.1, 0.15) is 10.6 Å². The molecular formula is C24H22F3NO5S. The summed E-state index contributed by atoms with van der Waals surface area (Å²) in [7, 11) is -3.00. The van der Waals surface area contributed by atoms with Crippen LogP contribution in [0, 0.1) is 0 Å². The molecule has 0 aliphatic heterocycles. The molecule has 1 amide bonds. The second-order valence-electron chi connectivity index (χ2n) is 7.30. The van der Waals surface area contributed by atoms with Crippen LogP contribution in [-0.2, 0) is 27.6 Å². The summed E-state index contributed by atoms with van der Waals surface area (Å²) >= 11 is 0. The second kappa shape index (κ2) is 10.7. The van der Waals surface area contributed by atoms with Crippen molar-refractivity contribution in [3.05, 3.63) is 95.6 Å². The van der Waals surface area contributed by atoms with Crippen LogP contribution in [0.5, 0.6) is 5.75 Å². The van der Waals surface area contributed by atoms with Crippen molar-refractivity contribution in [2.24, 2.45) is 0 Å². The molecule has 0 aliphatic carbocycles. The van der Waals surface area contributed by atoms with Gasteiger partial charge in [-0.3, -0.25) is 4.79 Å². The van der Waals surface area contributed by atoms with Crippen molar-refractivity contribution in [3.8, 4) is 5.75 Å². The Morgan fingerprint density at radius 3 is 2.32 bits per heavy atom. The molecule has 0 saturated carbocycles. The first-order chi connectivity index (χ1) is 16.1. The van der Waals surface area contributed by atoms with E-state index in [0.717, 1.165) is 18.2 Å². The van der Waals surface area contributed by atoms with Gasteiger partial charge in [-0.1, -0.05) is 36.4 Å². The first-order valence-corrected chi connectivity index (χ1v) is 11.5. The van der Waals surface area contributed by atoms with Crippen LogP contribution in [0.15, 0.2) is 83.8 Å². The minimum Gasteiger partial charge on any atom is -0.383 e. The summed E-state index contributed by atoms with van der Waals surface area (Å²) in [5.41, 5.74) is -0.0469. The number of ether oxygens (including phenoxy) is 1. The molecule has 0 aliphatic rings. The maximum Gasteiger partial charge on any atom is 0.416 e. The Balaban J connectivity index is 1.81. The van der Waals surface area contributed by atoms with E-state index in [1.807, 2.05) is 0 Å². The lowest BCUT2D eigenvalue weighted by Gasteiger charge is -2.23. The lowest BCUT2D eigenvalue weighted by molar-refractivity contribution is -0.137. The molecular weight excluding hydrogens is 471 g/mol. The van der Waals surface area contributed by atoms with Crippen LogP contribution in [0.4, 0.5) is 13.2 Å². The maximum absolute atomic E-state index is 13.0. The Labute approximate surface area is 195 Å². The van der Waals surface area contributed by atoms with Gasteiger partial charge < -0.3 is 13.8 Å². The van der Waals surface area contributed by atoms with Crippen molar-refractivity contribution in [2.75, 3.05) is 20.3 Å². The predicted molar refractivity (Wildman–Crippen MR) is 119 cm³/mol. The third-order valence-corrected chi connectivity index (χ3v) is 6.04.